The zero-order valence-electron chi connectivity index (χ0n) is 23.4. The molecule has 3 aromatic carbocycles. The van der Waals surface area contributed by atoms with Gasteiger partial charge in [-0.2, -0.15) is 4.31 Å². The summed E-state index contributed by atoms with van der Waals surface area (Å²) in [6, 6.07) is 23.6. The molecule has 2 amide bonds. The van der Waals surface area contributed by atoms with E-state index in [1.165, 1.54) is 35.5 Å². The van der Waals surface area contributed by atoms with Gasteiger partial charge in [0.25, 0.3) is 0 Å². The maximum atomic E-state index is 13.8. The van der Waals surface area contributed by atoms with E-state index >= 15 is 0 Å². The van der Waals surface area contributed by atoms with Gasteiger partial charge in [-0.3, -0.25) is 9.59 Å². The summed E-state index contributed by atoms with van der Waals surface area (Å²) in [7, 11) is -2.45. The number of sulfonamides is 1. The fourth-order valence-electron chi connectivity index (χ4n) is 4.67. The molecule has 0 atom stereocenters. The van der Waals surface area contributed by atoms with Crippen LogP contribution in [0, 0.1) is 0 Å². The fourth-order valence-corrected chi connectivity index (χ4v) is 6.10. The van der Waals surface area contributed by atoms with Gasteiger partial charge in [-0.25, -0.2) is 8.42 Å². The van der Waals surface area contributed by atoms with Crippen molar-refractivity contribution >= 4 is 38.4 Å². The first-order chi connectivity index (χ1) is 19.8. The fraction of sp³-hybridized carbons (Fsp3) is 0.290. The van der Waals surface area contributed by atoms with Crippen LogP contribution in [0.1, 0.15) is 24.5 Å². The number of methoxy groups -OCH3 is 1. The number of carbonyl (C=O) groups is 2. The van der Waals surface area contributed by atoms with Crippen molar-refractivity contribution in [3.63, 3.8) is 0 Å². The Kier molecular flexibility index (Phi) is 10.3. The molecule has 0 unspecified atom stereocenters. The van der Waals surface area contributed by atoms with E-state index in [1.54, 1.807) is 12.0 Å². The molecule has 0 bridgehead atoms. The van der Waals surface area contributed by atoms with Crippen molar-refractivity contribution in [2.45, 2.75) is 31.2 Å². The largest absolute Gasteiger partial charge is 0.385 e. The number of H-pyrrole nitrogens is 1. The van der Waals surface area contributed by atoms with E-state index in [1.807, 2.05) is 60.8 Å². The van der Waals surface area contributed by atoms with E-state index in [9.17, 15) is 18.0 Å². The summed E-state index contributed by atoms with van der Waals surface area (Å²) in [5, 5.41) is 3.74. The summed E-state index contributed by atoms with van der Waals surface area (Å²) in [6.45, 7) is 2.34. The number of anilines is 1. The number of hydrogen-bond acceptors (Lipinski definition) is 5. The Balaban J connectivity index is 1.56. The van der Waals surface area contributed by atoms with Crippen LogP contribution >= 0.6 is 0 Å². The average Bonchev–Trinajstić information content (AvgIpc) is 3.38. The van der Waals surface area contributed by atoms with Crippen LogP contribution in [-0.2, 0) is 37.3 Å². The summed E-state index contributed by atoms with van der Waals surface area (Å²) in [6.07, 6.45) is 3.01. The van der Waals surface area contributed by atoms with Crippen molar-refractivity contribution < 1.29 is 22.7 Å². The van der Waals surface area contributed by atoms with Crippen LogP contribution in [0.3, 0.4) is 0 Å². The van der Waals surface area contributed by atoms with Crippen LogP contribution in [0.25, 0.3) is 10.9 Å². The Hall–Kier alpha value is -3.99. The van der Waals surface area contributed by atoms with Crippen molar-refractivity contribution in [2.75, 3.05) is 38.7 Å². The van der Waals surface area contributed by atoms with Gasteiger partial charge in [-0.15, -0.1) is 0 Å². The molecule has 41 heavy (non-hydrogen) atoms. The lowest BCUT2D eigenvalue weighted by atomic mass is 10.1. The van der Waals surface area contributed by atoms with Gasteiger partial charge in [-0.1, -0.05) is 48.5 Å². The highest BCUT2D eigenvalue weighted by Crippen LogP contribution is 2.21. The molecular weight excluding hydrogens is 540 g/mol. The van der Waals surface area contributed by atoms with E-state index < -0.39 is 10.0 Å². The summed E-state index contributed by atoms with van der Waals surface area (Å²) < 4.78 is 33.7. The molecule has 1 heterocycles. The van der Waals surface area contributed by atoms with Gasteiger partial charge in [-0.05, 0) is 54.3 Å². The minimum Gasteiger partial charge on any atom is -0.385 e. The van der Waals surface area contributed by atoms with Crippen molar-refractivity contribution in [1.29, 1.82) is 0 Å². The van der Waals surface area contributed by atoms with E-state index in [2.05, 4.69) is 10.3 Å². The topological polar surface area (TPSA) is 112 Å². The molecular formula is C31H36N4O5S. The van der Waals surface area contributed by atoms with Crippen LogP contribution in [-0.4, -0.2) is 67.8 Å². The molecule has 1 aromatic heterocycles. The Morgan fingerprint density at radius 1 is 0.927 bits per heavy atom. The Labute approximate surface area is 241 Å². The first-order valence-electron chi connectivity index (χ1n) is 13.5. The predicted molar refractivity (Wildman–Crippen MR) is 160 cm³/mol. The van der Waals surface area contributed by atoms with Gasteiger partial charge in [0.2, 0.25) is 21.8 Å². The minimum absolute atomic E-state index is 0.0465. The number of hydrogen-bond donors (Lipinski definition) is 2. The molecule has 0 aliphatic rings. The van der Waals surface area contributed by atoms with Crippen LogP contribution in [0.2, 0.25) is 0 Å². The SMILES string of the molecule is COCCCN(CC(=O)N(CCc1c[nH]c2ccccc12)Cc1ccccc1)S(=O)(=O)c1ccc(NC(C)=O)cc1. The normalized spacial score (nSPS) is 11.6. The molecule has 216 valence electrons. The number of benzene rings is 3. The van der Waals surface area contributed by atoms with Gasteiger partial charge in [0, 0.05) is 63.1 Å². The number of aromatic nitrogens is 1. The lowest BCUT2D eigenvalue weighted by molar-refractivity contribution is -0.132. The quantitative estimate of drug-likeness (QED) is 0.216. The Morgan fingerprint density at radius 2 is 1.63 bits per heavy atom. The van der Waals surface area contributed by atoms with E-state index in [0.29, 0.717) is 38.2 Å². The molecule has 0 spiro atoms. The number of fused-ring (bicyclic) bond motifs is 1. The average molecular weight is 577 g/mol. The second-order valence-electron chi connectivity index (χ2n) is 9.80. The number of nitrogens with zero attached hydrogens (tertiary/aromatic N) is 2. The van der Waals surface area contributed by atoms with Crippen LogP contribution in [0.15, 0.2) is 90.0 Å². The van der Waals surface area contributed by atoms with Crippen molar-refractivity contribution in [3.05, 3.63) is 96.2 Å². The molecule has 0 saturated heterocycles. The maximum Gasteiger partial charge on any atom is 0.243 e. The number of aromatic amines is 1. The van der Waals surface area contributed by atoms with Gasteiger partial charge < -0.3 is 19.9 Å². The van der Waals surface area contributed by atoms with Crippen LogP contribution in [0.5, 0.6) is 0 Å². The molecule has 9 nitrogen and oxygen atoms in total. The Morgan fingerprint density at radius 3 is 2.34 bits per heavy atom. The number of rotatable bonds is 14. The summed E-state index contributed by atoms with van der Waals surface area (Å²) >= 11 is 0. The zero-order valence-corrected chi connectivity index (χ0v) is 24.2. The van der Waals surface area contributed by atoms with Gasteiger partial charge in [0.15, 0.2) is 0 Å². The summed E-state index contributed by atoms with van der Waals surface area (Å²) in [5.74, 6) is -0.539. The number of para-hydroxylation sites is 1. The molecule has 4 aromatic rings. The lowest BCUT2D eigenvalue weighted by Gasteiger charge is -2.27. The highest BCUT2D eigenvalue weighted by molar-refractivity contribution is 7.89. The lowest BCUT2D eigenvalue weighted by Crippen LogP contribution is -2.43. The van der Waals surface area contributed by atoms with Crippen LogP contribution < -0.4 is 5.32 Å². The third-order valence-electron chi connectivity index (χ3n) is 6.77. The summed E-state index contributed by atoms with van der Waals surface area (Å²) in [5.41, 5.74) is 3.57. The molecule has 0 aliphatic carbocycles. The van der Waals surface area contributed by atoms with Gasteiger partial charge >= 0.3 is 0 Å². The van der Waals surface area contributed by atoms with Gasteiger partial charge in [0.1, 0.15) is 0 Å². The second-order valence-corrected chi connectivity index (χ2v) is 11.7. The van der Waals surface area contributed by atoms with E-state index in [4.69, 9.17) is 4.74 Å². The molecule has 10 heteroatoms. The first kappa shape index (κ1) is 30.0. The van der Waals surface area contributed by atoms with Crippen LogP contribution in [0.4, 0.5) is 5.69 Å². The highest BCUT2D eigenvalue weighted by Gasteiger charge is 2.28. The standard InChI is InChI=1S/C31H36N4O5S/c1-24(36)33-27-13-15-28(16-14-27)41(38,39)35(18-8-20-40-2)23-31(37)34(22-25-9-4-3-5-10-25)19-17-26-21-32-30-12-7-6-11-29(26)30/h3-7,9-16,21,32H,8,17-20,22-23H2,1-2H3,(H,33,36). The third kappa shape index (κ3) is 8.03. The molecule has 0 aliphatic heterocycles. The predicted octanol–water partition coefficient (Wildman–Crippen LogP) is 4.43. The summed E-state index contributed by atoms with van der Waals surface area (Å²) in [4.78, 5) is 30.2. The number of amides is 2. The maximum absolute atomic E-state index is 13.8. The Bertz CT molecular complexity index is 1550. The van der Waals surface area contributed by atoms with Crippen molar-refractivity contribution in [3.8, 4) is 0 Å². The van der Waals surface area contributed by atoms with Crippen molar-refractivity contribution in [1.82, 2.24) is 14.2 Å². The number of carbonyl (C=O) groups excluding carboxylic acids is 2. The second kappa shape index (κ2) is 14.1. The zero-order chi connectivity index (χ0) is 29.2. The van der Waals surface area contributed by atoms with Gasteiger partial charge in [0.05, 0.1) is 11.4 Å². The molecule has 4 rings (SSSR count). The first-order valence-corrected chi connectivity index (χ1v) is 15.0. The van der Waals surface area contributed by atoms with E-state index in [0.717, 1.165) is 22.0 Å². The highest BCUT2D eigenvalue weighted by atomic mass is 32.2. The minimum atomic E-state index is -4.00. The third-order valence-corrected chi connectivity index (χ3v) is 8.63. The molecule has 0 saturated carbocycles. The molecule has 0 radical (unpaired) electrons. The van der Waals surface area contributed by atoms with Crippen molar-refractivity contribution in [2.24, 2.45) is 0 Å². The van der Waals surface area contributed by atoms with E-state index in [-0.39, 0.29) is 29.8 Å². The number of nitrogens with one attached hydrogen (secondary N) is 2. The molecule has 0 fully saturated rings. The smallest absolute Gasteiger partial charge is 0.243 e. The number of ether oxygens (including phenoxy) is 1. The molecule has 2 N–H and O–H groups in total. The monoisotopic (exact) mass is 576 g/mol.